The van der Waals surface area contributed by atoms with E-state index in [1.807, 2.05) is 0 Å². The van der Waals surface area contributed by atoms with E-state index in [0.29, 0.717) is 0 Å². The molecule has 0 unspecified atom stereocenters. The molecule has 1 aliphatic rings. The van der Waals surface area contributed by atoms with Crippen molar-refractivity contribution in [3.63, 3.8) is 0 Å². The van der Waals surface area contributed by atoms with Crippen LogP contribution in [0.25, 0.3) is 0 Å². The average molecular weight is 262 g/mol. The molecule has 19 heavy (non-hydrogen) atoms. The van der Waals surface area contributed by atoms with Crippen LogP contribution in [-0.2, 0) is 11.2 Å². The van der Waals surface area contributed by atoms with Crippen molar-refractivity contribution in [3.8, 4) is 0 Å². The molecule has 0 spiro atoms. The van der Waals surface area contributed by atoms with E-state index in [4.69, 9.17) is 10.5 Å². The Hall–Kier alpha value is -0.900. The van der Waals surface area contributed by atoms with E-state index in [2.05, 4.69) is 35.2 Å². The number of benzene rings is 1. The van der Waals surface area contributed by atoms with E-state index in [0.717, 1.165) is 45.2 Å². The molecule has 1 aromatic carbocycles. The molecular formula is C16H26N2O. The summed E-state index contributed by atoms with van der Waals surface area (Å²) >= 11 is 0. The van der Waals surface area contributed by atoms with Crippen LogP contribution in [0.1, 0.15) is 18.4 Å². The standard InChI is InChI=1S/C16H26N2O/c17-9-11-18(14-16-7-12-19-13-8-16)10-6-15-4-2-1-3-5-15/h1-5,16H,6-14,17H2. The first-order chi connectivity index (χ1) is 9.38. The van der Waals surface area contributed by atoms with Crippen LogP contribution in [0.3, 0.4) is 0 Å². The second kappa shape index (κ2) is 8.31. The van der Waals surface area contributed by atoms with Crippen molar-refractivity contribution in [1.82, 2.24) is 4.90 Å². The second-order valence-electron chi connectivity index (χ2n) is 5.38. The highest BCUT2D eigenvalue weighted by Gasteiger charge is 2.17. The molecule has 0 radical (unpaired) electrons. The van der Waals surface area contributed by atoms with Gasteiger partial charge in [0.05, 0.1) is 0 Å². The summed E-state index contributed by atoms with van der Waals surface area (Å²) < 4.78 is 5.43. The van der Waals surface area contributed by atoms with Crippen molar-refractivity contribution >= 4 is 0 Å². The quantitative estimate of drug-likeness (QED) is 0.816. The first-order valence-electron chi connectivity index (χ1n) is 7.42. The van der Waals surface area contributed by atoms with Gasteiger partial charge < -0.3 is 15.4 Å². The maximum atomic E-state index is 5.74. The Balaban J connectivity index is 1.78. The summed E-state index contributed by atoms with van der Waals surface area (Å²) in [4.78, 5) is 2.52. The molecule has 2 rings (SSSR count). The van der Waals surface area contributed by atoms with Gasteiger partial charge in [-0.1, -0.05) is 30.3 Å². The average Bonchev–Trinajstić information content (AvgIpc) is 2.47. The van der Waals surface area contributed by atoms with Crippen LogP contribution in [-0.4, -0.2) is 44.3 Å². The minimum Gasteiger partial charge on any atom is -0.381 e. The van der Waals surface area contributed by atoms with E-state index in [1.165, 1.54) is 24.9 Å². The van der Waals surface area contributed by atoms with Gasteiger partial charge in [0.1, 0.15) is 0 Å². The zero-order valence-corrected chi connectivity index (χ0v) is 11.8. The number of hydrogen-bond donors (Lipinski definition) is 1. The zero-order chi connectivity index (χ0) is 13.3. The van der Waals surface area contributed by atoms with Crippen LogP contribution in [0.4, 0.5) is 0 Å². The molecular weight excluding hydrogens is 236 g/mol. The number of nitrogens with two attached hydrogens (primary N) is 1. The first-order valence-corrected chi connectivity index (χ1v) is 7.42. The lowest BCUT2D eigenvalue weighted by Crippen LogP contribution is -2.37. The van der Waals surface area contributed by atoms with E-state index >= 15 is 0 Å². The summed E-state index contributed by atoms with van der Waals surface area (Å²) in [7, 11) is 0. The van der Waals surface area contributed by atoms with Gasteiger partial charge in [0.15, 0.2) is 0 Å². The molecule has 0 atom stereocenters. The van der Waals surface area contributed by atoms with Crippen LogP contribution in [0.2, 0.25) is 0 Å². The maximum absolute atomic E-state index is 5.74. The number of rotatable bonds is 7. The van der Waals surface area contributed by atoms with Crippen molar-refractivity contribution in [1.29, 1.82) is 0 Å². The molecule has 106 valence electrons. The molecule has 3 nitrogen and oxygen atoms in total. The molecule has 0 amide bonds. The summed E-state index contributed by atoms with van der Waals surface area (Å²) in [5.74, 6) is 0.788. The minimum absolute atomic E-state index is 0.748. The Morgan fingerprint density at radius 3 is 2.53 bits per heavy atom. The fraction of sp³-hybridized carbons (Fsp3) is 0.625. The highest BCUT2D eigenvalue weighted by molar-refractivity contribution is 5.14. The van der Waals surface area contributed by atoms with Crippen LogP contribution < -0.4 is 5.73 Å². The van der Waals surface area contributed by atoms with Gasteiger partial charge in [-0.3, -0.25) is 0 Å². The van der Waals surface area contributed by atoms with Crippen LogP contribution >= 0.6 is 0 Å². The molecule has 0 aliphatic carbocycles. The summed E-state index contributed by atoms with van der Waals surface area (Å²) in [6, 6.07) is 10.7. The summed E-state index contributed by atoms with van der Waals surface area (Å²) in [6.45, 7) is 5.90. The largest absolute Gasteiger partial charge is 0.381 e. The van der Waals surface area contributed by atoms with E-state index in [-0.39, 0.29) is 0 Å². The fourth-order valence-electron chi connectivity index (χ4n) is 2.70. The SMILES string of the molecule is NCCN(CCc1ccccc1)CC1CCOCC1. The third kappa shape index (κ3) is 5.31. The predicted octanol–water partition coefficient (Wildman–Crippen LogP) is 1.92. The molecule has 1 fully saturated rings. The molecule has 1 aliphatic heterocycles. The number of nitrogens with zero attached hydrogens (tertiary/aromatic N) is 1. The Kier molecular flexibility index (Phi) is 6.34. The summed E-state index contributed by atoms with van der Waals surface area (Å²) in [5, 5.41) is 0. The van der Waals surface area contributed by atoms with Crippen molar-refractivity contribution < 1.29 is 4.74 Å². The van der Waals surface area contributed by atoms with Gasteiger partial charge in [0.2, 0.25) is 0 Å². The summed E-state index contributed by atoms with van der Waals surface area (Å²) in [5.41, 5.74) is 7.15. The maximum Gasteiger partial charge on any atom is 0.0469 e. The van der Waals surface area contributed by atoms with Gasteiger partial charge in [-0.25, -0.2) is 0 Å². The highest BCUT2D eigenvalue weighted by Crippen LogP contribution is 2.16. The third-order valence-electron chi connectivity index (χ3n) is 3.86. The Morgan fingerprint density at radius 2 is 1.84 bits per heavy atom. The molecule has 3 heteroatoms. The predicted molar refractivity (Wildman–Crippen MR) is 79.2 cm³/mol. The highest BCUT2D eigenvalue weighted by atomic mass is 16.5. The zero-order valence-electron chi connectivity index (χ0n) is 11.8. The topological polar surface area (TPSA) is 38.5 Å². The van der Waals surface area contributed by atoms with Crippen LogP contribution in [0.15, 0.2) is 30.3 Å². The first kappa shape index (κ1) is 14.5. The molecule has 0 saturated carbocycles. The van der Waals surface area contributed by atoms with Crippen molar-refractivity contribution in [2.24, 2.45) is 11.7 Å². The molecule has 0 aromatic heterocycles. The molecule has 2 N–H and O–H groups in total. The Morgan fingerprint density at radius 1 is 1.11 bits per heavy atom. The third-order valence-corrected chi connectivity index (χ3v) is 3.86. The Labute approximate surface area is 116 Å². The number of hydrogen-bond acceptors (Lipinski definition) is 3. The van der Waals surface area contributed by atoms with Gasteiger partial charge in [-0.05, 0) is 30.7 Å². The lowest BCUT2D eigenvalue weighted by molar-refractivity contribution is 0.0530. The lowest BCUT2D eigenvalue weighted by Gasteiger charge is -2.29. The summed E-state index contributed by atoms with van der Waals surface area (Å²) in [6.07, 6.45) is 3.52. The van der Waals surface area contributed by atoms with Gasteiger partial charge >= 0.3 is 0 Å². The minimum atomic E-state index is 0.748. The molecule has 0 bridgehead atoms. The fourth-order valence-corrected chi connectivity index (χ4v) is 2.70. The van der Waals surface area contributed by atoms with E-state index in [1.54, 1.807) is 0 Å². The second-order valence-corrected chi connectivity index (χ2v) is 5.38. The molecule has 1 heterocycles. The van der Waals surface area contributed by atoms with Gasteiger partial charge in [0, 0.05) is 39.4 Å². The van der Waals surface area contributed by atoms with Crippen molar-refractivity contribution in [2.75, 3.05) is 39.4 Å². The van der Waals surface area contributed by atoms with Crippen LogP contribution in [0, 0.1) is 5.92 Å². The Bertz CT molecular complexity index is 336. The van der Waals surface area contributed by atoms with Crippen molar-refractivity contribution in [3.05, 3.63) is 35.9 Å². The van der Waals surface area contributed by atoms with Gasteiger partial charge in [0.25, 0.3) is 0 Å². The van der Waals surface area contributed by atoms with Gasteiger partial charge in [-0.15, -0.1) is 0 Å². The van der Waals surface area contributed by atoms with E-state index < -0.39 is 0 Å². The smallest absolute Gasteiger partial charge is 0.0469 e. The number of ether oxygens (including phenoxy) is 1. The van der Waals surface area contributed by atoms with Crippen molar-refractivity contribution in [2.45, 2.75) is 19.3 Å². The van der Waals surface area contributed by atoms with E-state index in [9.17, 15) is 0 Å². The molecule has 1 aromatic rings. The monoisotopic (exact) mass is 262 g/mol. The molecule has 1 saturated heterocycles. The van der Waals surface area contributed by atoms with Gasteiger partial charge in [-0.2, -0.15) is 0 Å². The lowest BCUT2D eigenvalue weighted by atomic mass is 9.99. The van der Waals surface area contributed by atoms with Crippen LogP contribution in [0.5, 0.6) is 0 Å². The normalized spacial score (nSPS) is 16.9.